The molecular formula is C17H21N5O. The van der Waals surface area contributed by atoms with E-state index in [0.717, 1.165) is 37.6 Å². The van der Waals surface area contributed by atoms with Gasteiger partial charge in [0, 0.05) is 48.4 Å². The molecule has 2 saturated heterocycles. The van der Waals surface area contributed by atoms with Gasteiger partial charge in [-0.25, -0.2) is 0 Å². The van der Waals surface area contributed by atoms with Gasteiger partial charge in [-0.3, -0.25) is 0 Å². The average Bonchev–Trinajstić information content (AvgIpc) is 2.77. The number of nitrogens with zero attached hydrogens (tertiary/aromatic N) is 1. The number of nitrogen functional groups attached to an aromatic ring is 1. The number of nitrogens with one attached hydrogen (secondary N) is 2. The second-order valence-corrected chi connectivity index (χ2v) is 6.60. The molecule has 2 aromatic rings. The Morgan fingerprint density at radius 2 is 2.00 bits per heavy atom. The second kappa shape index (κ2) is 4.96. The van der Waals surface area contributed by atoms with Crippen molar-refractivity contribution in [1.82, 2.24) is 10.3 Å². The molecule has 0 saturated carbocycles. The van der Waals surface area contributed by atoms with Gasteiger partial charge in [0.25, 0.3) is 0 Å². The lowest BCUT2D eigenvalue weighted by Gasteiger charge is -2.56. The minimum Gasteiger partial charge on any atom is -0.507 e. The summed E-state index contributed by atoms with van der Waals surface area (Å²) in [6, 6.07) is 9.03. The summed E-state index contributed by atoms with van der Waals surface area (Å²) in [7, 11) is 0. The van der Waals surface area contributed by atoms with Gasteiger partial charge in [-0.1, -0.05) is 12.1 Å². The van der Waals surface area contributed by atoms with Crippen molar-refractivity contribution in [3.05, 3.63) is 41.5 Å². The summed E-state index contributed by atoms with van der Waals surface area (Å²) >= 11 is 0. The highest BCUT2D eigenvalue weighted by Crippen LogP contribution is 2.38. The van der Waals surface area contributed by atoms with Crippen LogP contribution < -0.4 is 21.7 Å². The number of aromatic amines is 1. The number of nitrogens with two attached hydrogens (primary N) is 2. The fraction of sp³-hybridized carbons (Fsp3) is 0.294. The normalized spacial score (nSPS) is 19.5. The monoisotopic (exact) mass is 311 g/mol. The Hall–Kier alpha value is -2.60. The lowest BCUT2D eigenvalue weighted by molar-refractivity contribution is 0.120. The van der Waals surface area contributed by atoms with Crippen LogP contribution in [0.5, 0.6) is 5.75 Å². The first-order chi connectivity index (χ1) is 11.1. The summed E-state index contributed by atoms with van der Waals surface area (Å²) < 4.78 is 0. The fourth-order valence-electron chi connectivity index (χ4n) is 3.36. The van der Waals surface area contributed by atoms with E-state index in [4.69, 9.17) is 11.5 Å². The molecule has 120 valence electrons. The smallest absolute Gasteiger partial charge is 0.124 e. The molecule has 1 aromatic heterocycles. The molecule has 2 fully saturated rings. The van der Waals surface area contributed by atoms with Gasteiger partial charge < -0.3 is 31.8 Å². The number of benzene rings is 1. The molecule has 6 heteroatoms. The van der Waals surface area contributed by atoms with E-state index in [0.29, 0.717) is 22.5 Å². The minimum absolute atomic E-state index is 0.165. The largest absolute Gasteiger partial charge is 0.507 e. The highest BCUT2D eigenvalue weighted by atomic mass is 16.3. The van der Waals surface area contributed by atoms with Gasteiger partial charge in [0.05, 0.1) is 0 Å². The van der Waals surface area contributed by atoms with Gasteiger partial charge in [-0.2, -0.15) is 0 Å². The summed E-state index contributed by atoms with van der Waals surface area (Å²) in [5.74, 6) is 1.78. The van der Waals surface area contributed by atoms with Crippen molar-refractivity contribution in [2.24, 2.45) is 11.1 Å². The van der Waals surface area contributed by atoms with Gasteiger partial charge in [-0.05, 0) is 24.3 Å². The lowest BCUT2D eigenvalue weighted by Crippen LogP contribution is -2.71. The summed E-state index contributed by atoms with van der Waals surface area (Å²) in [6.45, 7) is 4.31. The number of rotatable bonds is 3. The molecule has 1 aromatic carbocycles. The first kappa shape index (κ1) is 14.0. The third-order valence-corrected chi connectivity index (χ3v) is 4.79. The fourth-order valence-corrected chi connectivity index (χ4v) is 3.36. The van der Waals surface area contributed by atoms with Crippen molar-refractivity contribution in [2.45, 2.75) is 0 Å². The van der Waals surface area contributed by atoms with Gasteiger partial charge in [0.1, 0.15) is 17.4 Å². The maximum atomic E-state index is 9.89. The van der Waals surface area contributed by atoms with Crippen LogP contribution in [0.25, 0.3) is 11.8 Å². The van der Waals surface area contributed by atoms with Crippen LogP contribution in [0.3, 0.4) is 0 Å². The topological polar surface area (TPSA) is 103 Å². The van der Waals surface area contributed by atoms with Gasteiger partial charge in [-0.15, -0.1) is 0 Å². The zero-order valence-electron chi connectivity index (χ0n) is 12.8. The number of aromatic hydroxyl groups is 1. The lowest BCUT2D eigenvalue weighted by atomic mass is 9.74. The van der Waals surface area contributed by atoms with Crippen molar-refractivity contribution in [1.29, 1.82) is 0 Å². The molecular weight excluding hydrogens is 290 g/mol. The summed E-state index contributed by atoms with van der Waals surface area (Å²) in [5, 5.41) is 13.2. The molecule has 2 aliphatic heterocycles. The SMILES string of the molecule is N/C(=C\c1cc(N2CC3(CNC3)C2)[nH]c1N)c1ccccc1O. The van der Waals surface area contributed by atoms with E-state index < -0.39 is 0 Å². The quantitative estimate of drug-likeness (QED) is 0.585. The number of para-hydroxylation sites is 1. The van der Waals surface area contributed by atoms with Crippen LogP contribution in [0.4, 0.5) is 11.6 Å². The summed E-state index contributed by atoms with van der Waals surface area (Å²) in [6.07, 6.45) is 1.80. The second-order valence-electron chi connectivity index (χ2n) is 6.60. The Labute approximate surface area is 134 Å². The van der Waals surface area contributed by atoms with E-state index in [1.807, 2.05) is 12.1 Å². The molecule has 4 rings (SSSR count). The van der Waals surface area contributed by atoms with Crippen molar-refractivity contribution < 1.29 is 5.11 Å². The number of aromatic nitrogens is 1. The van der Waals surface area contributed by atoms with E-state index in [-0.39, 0.29) is 5.75 Å². The summed E-state index contributed by atoms with van der Waals surface area (Å²) in [4.78, 5) is 5.52. The summed E-state index contributed by atoms with van der Waals surface area (Å²) in [5.41, 5.74) is 14.6. The molecule has 0 unspecified atom stereocenters. The Bertz CT molecular complexity index is 767. The minimum atomic E-state index is 0.165. The third kappa shape index (κ3) is 2.31. The molecule has 0 atom stereocenters. The molecule has 0 amide bonds. The van der Waals surface area contributed by atoms with Crippen LogP contribution in [-0.4, -0.2) is 36.3 Å². The standard InChI is InChI=1S/C17H21N5O/c18-13(12-3-1-2-4-14(12)23)5-11-6-15(21-16(11)19)22-9-17(10-22)7-20-8-17/h1-6,20-21,23H,7-10,18-19H2/b13-5-. The highest BCUT2D eigenvalue weighted by Gasteiger charge is 2.47. The molecule has 0 aliphatic carbocycles. The van der Waals surface area contributed by atoms with E-state index in [1.165, 1.54) is 0 Å². The Kier molecular flexibility index (Phi) is 3.02. The molecule has 1 spiro atoms. The maximum absolute atomic E-state index is 9.89. The molecule has 6 nitrogen and oxygen atoms in total. The number of phenols is 1. The average molecular weight is 311 g/mol. The molecule has 0 radical (unpaired) electrons. The molecule has 7 N–H and O–H groups in total. The molecule has 3 heterocycles. The van der Waals surface area contributed by atoms with Crippen LogP contribution in [0.1, 0.15) is 11.1 Å². The van der Waals surface area contributed by atoms with E-state index in [1.54, 1.807) is 24.3 Å². The predicted molar refractivity (Wildman–Crippen MR) is 92.9 cm³/mol. The van der Waals surface area contributed by atoms with Gasteiger partial charge in [0.15, 0.2) is 0 Å². The number of hydrogen-bond donors (Lipinski definition) is 5. The van der Waals surface area contributed by atoms with Crippen molar-refractivity contribution in [2.75, 3.05) is 36.8 Å². The van der Waals surface area contributed by atoms with Crippen molar-refractivity contribution >= 4 is 23.4 Å². The number of H-pyrrole nitrogens is 1. The Morgan fingerprint density at radius 1 is 1.26 bits per heavy atom. The Morgan fingerprint density at radius 3 is 2.65 bits per heavy atom. The van der Waals surface area contributed by atoms with E-state index in [9.17, 15) is 5.11 Å². The van der Waals surface area contributed by atoms with Crippen LogP contribution in [0.2, 0.25) is 0 Å². The number of phenolic OH excluding ortho intramolecular Hbond substituents is 1. The zero-order valence-corrected chi connectivity index (χ0v) is 12.8. The highest BCUT2D eigenvalue weighted by molar-refractivity contribution is 5.85. The maximum Gasteiger partial charge on any atom is 0.124 e. The van der Waals surface area contributed by atoms with E-state index >= 15 is 0 Å². The zero-order chi connectivity index (χ0) is 16.0. The third-order valence-electron chi connectivity index (χ3n) is 4.79. The first-order valence-corrected chi connectivity index (χ1v) is 7.76. The number of hydrogen-bond acceptors (Lipinski definition) is 5. The predicted octanol–water partition coefficient (Wildman–Crippen LogP) is 1.17. The van der Waals surface area contributed by atoms with Crippen LogP contribution in [0, 0.1) is 5.41 Å². The molecule has 23 heavy (non-hydrogen) atoms. The molecule has 2 aliphatic rings. The van der Waals surface area contributed by atoms with Crippen molar-refractivity contribution in [3.8, 4) is 5.75 Å². The van der Waals surface area contributed by atoms with Gasteiger partial charge in [0.2, 0.25) is 0 Å². The molecule has 0 bridgehead atoms. The Balaban J connectivity index is 1.55. The van der Waals surface area contributed by atoms with Crippen LogP contribution >= 0.6 is 0 Å². The van der Waals surface area contributed by atoms with Crippen molar-refractivity contribution in [3.63, 3.8) is 0 Å². The number of anilines is 2. The first-order valence-electron chi connectivity index (χ1n) is 7.76. The van der Waals surface area contributed by atoms with E-state index in [2.05, 4.69) is 15.2 Å². The van der Waals surface area contributed by atoms with Gasteiger partial charge >= 0.3 is 0 Å². The van der Waals surface area contributed by atoms with Crippen LogP contribution in [0.15, 0.2) is 30.3 Å². The van der Waals surface area contributed by atoms with Crippen LogP contribution in [-0.2, 0) is 0 Å².